The van der Waals surface area contributed by atoms with E-state index in [4.69, 9.17) is 5.73 Å². The molecule has 96 valence electrons. The number of rotatable bonds is 4. The fourth-order valence-electron chi connectivity index (χ4n) is 2.61. The molecule has 18 heavy (non-hydrogen) atoms. The van der Waals surface area contributed by atoms with Crippen molar-refractivity contribution >= 4 is 27.5 Å². The lowest BCUT2D eigenvalue weighted by molar-refractivity contribution is 0.0942. The Hall–Kier alpha value is -1.03. The van der Waals surface area contributed by atoms with Gasteiger partial charge in [0, 0.05) is 22.3 Å². The molecule has 0 unspecified atom stereocenters. The van der Waals surface area contributed by atoms with Crippen molar-refractivity contribution in [2.45, 2.75) is 25.7 Å². The van der Waals surface area contributed by atoms with E-state index in [1.165, 1.54) is 25.7 Å². The third-order valence-corrected chi connectivity index (χ3v) is 4.89. The quantitative estimate of drug-likeness (QED) is 0.840. The average molecular weight is 309 g/mol. The summed E-state index contributed by atoms with van der Waals surface area (Å²) in [6.07, 6.45) is 5.26. The van der Waals surface area contributed by atoms with Crippen molar-refractivity contribution in [2.24, 2.45) is 11.3 Å². The average Bonchev–Trinajstić information content (AvgIpc) is 3.22. The lowest BCUT2D eigenvalue weighted by Crippen LogP contribution is -2.31. The first kappa shape index (κ1) is 12.0. The van der Waals surface area contributed by atoms with Crippen LogP contribution in [-0.2, 0) is 0 Å². The minimum Gasteiger partial charge on any atom is -0.398 e. The number of nitrogens with one attached hydrogen (secondary N) is 1. The molecular weight excluding hydrogens is 292 g/mol. The first-order valence-corrected chi connectivity index (χ1v) is 7.23. The highest BCUT2D eigenvalue weighted by Gasteiger charge is 2.53. The highest BCUT2D eigenvalue weighted by molar-refractivity contribution is 9.10. The van der Waals surface area contributed by atoms with E-state index >= 15 is 0 Å². The summed E-state index contributed by atoms with van der Waals surface area (Å²) in [5.41, 5.74) is 7.48. The van der Waals surface area contributed by atoms with Crippen LogP contribution in [0, 0.1) is 11.3 Å². The van der Waals surface area contributed by atoms with Gasteiger partial charge in [-0.3, -0.25) is 4.79 Å². The second kappa shape index (κ2) is 4.26. The monoisotopic (exact) mass is 308 g/mol. The molecule has 0 atom stereocenters. The normalized spacial score (nSPS) is 20.5. The molecule has 1 aromatic rings. The Balaban J connectivity index is 1.62. The Morgan fingerprint density at radius 2 is 2.17 bits per heavy atom. The number of nitrogen functional groups attached to an aromatic ring is 1. The molecule has 2 aliphatic carbocycles. The summed E-state index contributed by atoms with van der Waals surface area (Å²) in [7, 11) is 0. The molecule has 4 heteroatoms. The van der Waals surface area contributed by atoms with Crippen LogP contribution >= 0.6 is 15.9 Å². The van der Waals surface area contributed by atoms with Crippen LogP contribution in [0.2, 0.25) is 0 Å². The third kappa shape index (κ3) is 2.26. The van der Waals surface area contributed by atoms with Gasteiger partial charge in [-0.25, -0.2) is 0 Å². The number of hydrogen-bond donors (Lipinski definition) is 2. The number of hydrogen-bond acceptors (Lipinski definition) is 2. The van der Waals surface area contributed by atoms with E-state index in [1.807, 2.05) is 0 Å². The van der Waals surface area contributed by atoms with E-state index in [9.17, 15) is 4.79 Å². The number of amides is 1. The van der Waals surface area contributed by atoms with E-state index in [-0.39, 0.29) is 5.91 Å². The highest BCUT2D eigenvalue weighted by Crippen LogP contribution is 2.60. The summed E-state index contributed by atoms with van der Waals surface area (Å²) >= 11 is 3.35. The van der Waals surface area contributed by atoms with Crippen LogP contribution in [0.3, 0.4) is 0 Å². The van der Waals surface area contributed by atoms with Crippen molar-refractivity contribution in [3.8, 4) is 0 Å². The van der Waals surface area contributed by atoms with Gasteiger partial charge in [0.05, 0.1) is 0 Å². The zero-order valence-corrected chi connectivity index (χ0v) is 11.8. The predicted octanol–water partition coefficient (Wildman–Crippen LogP) is 2.95. The number of halogens is 1. The van der Waals surface area contributed by atoms with Crippen LogP contribution in [-0.4, -0.2) is 12.5 Å². The van der Waals surface area contributed by atoms with Crippen LogP contribution < -0.4 is 11.1 Å². The summed E-state index contributed by atoms with van der Waals surface area (Å²) in [6.45, 7) is 0.832. The van der Waals surface area contributed by atoms with Crippen molar-refractivity contribution in [2.75, 3.05) is 12.3 Å². The molecule has 3 N–H and O–H groups in total. The number of carbonyl (C=O) groups excluding carboxylic acids is 1. The molecule has 0 aliphatic heterocycles. The van der Waals surface area contributed by atoms with Crippen molar-refractivity contribution in [1.29, 1.82) is 0 Å². The SMILES string of the molecule is Nc1ccc(C(=O)NCC2(C3CC3)CC2)cc1Br. The molecule has 0 aromatic heterocycles. The molecule has 0 saturated heterocycles. The standard InChI is InChI=1S/C14H17BrN2O/c15-11-7-9(1-4-12(11)16)13(18)17-8-14(5-6-14)10-2-3-10/h1,4,7,10H,2-3,5-6,8,16H2,(H,17,18). The van der Waals surface area contributed by atoms with Crippen LogP contribution in [0.1, 0.15) is 36.0 Å². The van der Waals surface area contributed by atoms with E-state index in [0.717, 1.165) is 16.9 Å². The van der Waals surface area contributed by atoms with Crippen LogP contribution in [0.4, 0.5) is 5.69 Å². The van der Waals surface area contributed by atoms with Gasteiger partial charge in [-0.15, -0.1) is 0 Å². The second-order valence-electron chi connectivity index (χ2n) is 5.56. The largest absolute Gasteiger partial charge is 0.398 e. The Kier molecular flexibility index (Phi) is 2.85. The molecule has 1 amide bonds. The Morgan fingerprint density at radius 1 is 1.44 bits per heavy atom. The molecule has 0 heterocycles. The van der Waals surface area contributed by atoms with Crippen molar-refractivity contribution in [1.82, 2.24) is 5.32 Å². The molecule has 0 spiro atoms. The topological polar surface area (TPSA) is 55.1 Å². The van der Waals surface area contributed by atoms with E-state index in [1.54, 1.807) is 18.2 Å². The minimum absolute atomic E-state index is 0.00243. The first-order chi connectivity index (χ1) is 8.61. The van der Waals surface area contributed by atoms with Crippen LogP contribution in [0.15, 0.2) is 22.7 Å². The molecule has 2 saturated carbocycles. The fourth-order valence-corrected chi connectivity index (χ4v) is 2.99. The molecule has 3 nitrogen and oxygen atoms in total. The Labute approximate surface area is 115 Å². The number of anilines is 1. The number of nitrogens with two attached hydrogens (primary N) is 1. The van der Waals surface area contributed by atoms with Gasteiger partial charge in [-0.2, -0.15) is 0 Å². The van der Waals surface area contributed by atoms with Gasteiger partial charge in [-0.05, 0) is 71.1 Å². The van der Waals surface area contributed by atoms with Gasteiger partial charge < -0.3 is 11.1 Å². The highest BCUT2D eigenvalue weighted by atomic mass is 79.9. The Bertz CT molecular complexity index is 493. The lowest BCUT2D eigenvalue weighted by atomic mass is 10.0. The van der Waals surface area contributed by atoms with Gasteiger partial charge in [-0.1, -0.05) is 0 Å². The molecule has 2 fully saturated rings. The van der Waals surface area contributed by atoms with Crippen LogP contribution in [0.5, 0.6) is 0 Å². The summed E-state index contributed by atoms with van der Waals surface area (Å²) in [5.74, 6) is 0.874. The summed E-state index contributed by atoms with van der Waals surface area (Å²) in [5, 5.41) is 3.07. The number of benzene rings is 1. The first-order valence-electron chi connectivity index (χ1n) is 6.44. The lowest BCUT2D eigenvalue weighted by Gasteiger charge is -2.15. The predicted molar refractivity (Wildman–Crippen MR) is 75.3 cm³/mol. The molecule has 3 rings (SSSR count). The Morgan fingerprint density at radius 3 is 2.72 bits per heavy atom. The van der Waals surface area contributed by atoms with Crippen molar-refractivity contribution in [3.05, 3.63) is 28.2 Å². The van der Waals surface area contributed by atoms with Crippen LogP contribution in [0.25, 0.3) is 0 Å². The van der Waals surface area contributed by atoms with E-state index < -0.39 is 0 Å². The molecular formula is C14H17BrN2O. The fraction of sp³-hybridized carbons (Fsp3) is 0.500. The maximum Gasteiger partial charge on any atom is 0.251 e. The summed E-state index contributed by atoms with van der Waals surface area (Å²) < 4.78 is 0.776. The maximum atomic E-state index is 12.1. The number of carbonyl (C=O) groups is 1. The van der Waals surface area contributed by atoms with Gasteiger partial charge in [0.25, 0.3) is 5.91 Å². The van der Waals surface area contributed by atoms with Gasteiger partial charge in [0.15, 0.2) is 0 Å². The van der Waals surface area contributed by atoms with Gasteiger partial charge >= 0.3 is 0 Å². The molecule has 0 bridgehead atoms. The molecule has 1 aromatic carbocycles. The summed E-state index contributed by atoms with van der Waals surface area (Å²) in [6, 6.07) is 5.31. The zero-order valence-electron chi connectivity index (χ0n) is 10.2. The third-order valence-electron chi connectivity index (χ3n) is 4.20. The van der Waals surface area contributed by atoms with Gasteiger partial charge in [0.1, 0.15) is 0 Å². The van der Waals surface area contributed by atoms with Crippen molar-refractivity contribution < 1.29 is 4.79 Å². The molecule has 0 radical (unpaired) electrons. The minimum atomic E-state index is 0.00243. The molecule has 2 aliphatic rings. The van der Waals surface area contributed by atoms with Crippen molar-refractivity contribution in [3.63, 3.8) is 0 Å². The van der Waals surface area contributed by atoms with E-state index in [0.29, 0.717) is 16.7 Å². The summed E-state index contributed by atoms with van der Waals surface area (Å²) in [4.78, 5) is 12.1. The maximum absolute atomic E-state index is 12.1. The van der Waals surface area contributed by atoms with E-state index in [2.05, 4.69) is 21.2 Å². The zero-order chi connectivity index (χ0) is 12.8. The second-order valence-corrected chi connectivity index (χ2v) is 6.41. The smallest absolute Gasteiger partial charge is 0.251 e. The van der Waals surface area contributed by atoms with Gasteiger partial charge in [0.2, 0.25) is 0 Å².